The molecule has 2 unspecified atom stereocenters. The van der Waals surface area contributed by atoms with E-state index in [1.807, 2.05) is 0 Å². The van der Waals surface area contributed by atoms with E-state index in [0.717, 1.165) is 17.2 Å². The summed E-state index contributed by atoms with van der Waals surface area (Å²) in [5.41, 5.74) is -2.76. The average molecular weight is 524 g/mol. The molecule has 1 aromatic carbocycles. The highest BCUT2D eigenvalue weighted by Crippen LogP contribution is 2.58. The number of benzene rings is 1. The van der Waals surface area contributed by atoms with Gasteiger partial charge >= 0.3 is 29.2 Å². The Morgan fingerprint density at radius 2 is 1.54 bits per heavy atom. The third-order valence-corrected chi connectivity index (χ3v) is 5.69. The van der Waals surface area contributed by atoms with E-state index in [9.17, 15) is 27.2 Å². The molecule has 1 aromatic rings. The van der Waals surface area contributed by atoms with Crippen molar-refractivity contribution < 1.29 is 45.4 Å². The normalized spacial score (nSPS) is 20.5. The number of hydrogen-bond donors (Lipinski definition) is 0. The van der Waals surface area contributed by atoms with Gasteiger partial charge in [-0.15, -0.1) is 0 Å². The van der Waals surface area contributed by atoms with Crippen molar-refractivity contribution in [2.45, 2.75) is 43.2 Å². The lowest BCUT2D eigenvalue weighted by atomic mass is 9.88. The van der Waals surface area contributed by atoms with Crippen molar-refractivity contribution >= 4 is 23.5 Å². The van der Waals surface area contributed by atoms with Crippen LogP contribution < -0.4 is 0 Å². The number of fused-ring (bicyclic) bond motifs is 1. The van der Waals surface area contributed by atoms with Crippen molar-refractivity contribution in [2.24, 2.45) is 0 Å². The zero-order valence-corrected chi connectivity index (χ0v) is 19.2. The highest BCUT2D eigenvalue weighted by molar-refractivity contribution is 6.22. The van der Waals surface area contributed by atoms with Crippen LogP contribution in [0.4, 0.5) is 26.3 Å². The first-order chi connectivity index (χ1) is 16.3. The Morgan fingerprint density at radius 1 is 0.971 bits per heavy atom. The Kier molecular flexibility index (Phi) is 7.31. The minimum Gasteiger partial charge on any atom is -0.463 e. The Labute approximate surface area is 201 Å². The number of hydrogen-bond acceptors (Lipinski definition) is 5. The molecule has 35 heavy (non-hydrogen) atoms. The number of esters is 2. The van der Waals surface area contributed by atoms with Crippen molar-refractivity contribution in [3.8, 4) is 0 Å². The molecule has 190 valence electrons. The molecule has 2 aliphatic heterocycles. The summed E-state index contributed by atoms with van der Waals surface area (Å²) < 4.78 is 96.8. The SMILES string of the molecule is CCOC(=O)C1=CC2C(C(=O)OCC)=C(C(F)(F)C(F)(F)C(F)(F)Cl)C(c3ccccc3)N2C=C1. The van der Waals surface area contributed by atoms with E-state index in [0.29, 0.717) is 0 Å². The molecule has 0 bridgehead atoms. The molecule has 12 heteroatoms. The summed E-state index contributed by atoms with van der Waals surface area (Å²) in [6.45, 7) is 2.53. The highest BCUT2D eigenvalue weighted by atomic mass is 35.5. The zero-order chi connectivity index (χ0) is 26.2. The summed E-state index contributed by atoms with van der Waals surface area (Å²) in [7, 11) is 0. The van der Waals surface area contributed by atoms with Crippen molar-refractivity contribution in [2.75, 3.05) is 13.2 Å². The topological polar surface area (TPSA) is 55.8 Å². The van der Waals surface area contributed by atoms with Crippen LogP contribution >= 0.6 is 11.6 Å². The minimum atomic E-state index is -6.09. The molecule has 2 heterocycles. The highest BCUT2D eigenvalue weighted by Gasteiger charge is 2.75. The standard InChI is InChI=1S/C23H20ClF6NO4/c1-3-34-19(32)14-10-11-31-15(12-14)16(20(33)35-4-2)17(18(31)13-8-6-5-7-9-13)21(25,26)22(27,28)23(24,29)30/h5-12,15,18H,3-4H2,1-2H3. The van der Waals surface area contributed by atoms with E-state index >= 15 is 8.78 Å². The molecule has 0 aliphatic carbocycles. The molecule has 5 nitrogen and oxygen atoms in total. The molecule has 0 fully saturated rings. The number of halogens is 7. The van der Waals surface area contributed by atoms with Gasteiger partial charge in [0.25, 0.3) is 0 Å². The third kappa shape index (κ3) is 4.53. The fraction of sp³-hybridized carbons (Fsp3) is 0.391. The van der Waals surface area contributed by atoms with Crippen LogP contribution in [-0.2, 0) is 19.1 Å². The van der Waals surface area contributed by atoms with Gasteiger partial charge in [-0.1, -0.05) is 30.3 Å². The van der Waals surface area contributed by atoms with Crippen LogP contribution in [0.5, 0.6) is 0 Å². The van der Waals surface area contributed by atoms with Crippen molar-refractivity contribution in [3.05, 3.63) is 71.0 Å². The van der Waals surface area contributed by atoms with Crippen LogP contribution in [0.3, 0.4) is 0 Å². The van der Waals surface area contributed by atoms with Crippen LogP contribution in [0.15, 0.2) is 65.4 Å². The lowest BCUT2D eigenvalue weighted by Crippen LogP contribution is -2.53. The zero-order valence-electron chi connectivity index (χ0n) is 18.4. The maximum Gasteiger partial charge on any atom is 0.390 e. The van der Waals surface area contributed by atoms with E-state index in [2.05, 4.69) is 11.6 Å². The summed E-state index contributed by atoms with van der Waals surface area (Å²) in [6.07, 6.45) is 3.37. The fourth-order valence-electron chi connectivity index (χ4n) is 3.96. The predicted octanol–water partition coefficient (Wildman–Crippen LogP) is 5.39. The largest absolute Gasteiger partial charge is 0.463 e. The lowest BCUT2D eigenvalue weighted by Gasteiger charge is -2.36. The van der Waals surface area contributed by atoms with Gasteiger partial charge in [-0.2, -0.15) is 26.3 Å². The quantitative estimate of drug-likeness (QED) is 0.260. The number of nitrogens with zero attached hydrogens (tertiary/aromatic N) is 1. The molecule has 0 N–H and O–H groups in total. The predicted molar refractivity (Wildman–Crippen MR) is 113 cm³/mol. The van der Waals surface area contributed by atoms with Crippen LogP contribution in [-0.4, -0.2) is 53.3 Å². The van der Waals surface area contributed by atoms with Crippen molar-refractivity contribution in [1.29, 1.82) is 0 Å². The maximum atomic E-state index is 15.5. The Balaban J connectivity index is 2.34. The summed E-state index contributed by atoms with van der Waals surface area (Å²) in [4.78, 5) is 26.1. The number of rotatable bonds is 8. The molecule has 0 amide bonds. The minimum absolute atomic E-state index is 0.00204. The summed E-state index contributed by atoms with van der Waals surface area (Å²) in [5.74, 6) is -14.0. The summed E-state index contributed by atoms with van der Waals surface area (Å²) >= 11 is 4.42. The number of carbonyl (C=O) groups is 2. The van der Waals surface area contributed by atoms with Gasteiger partial charge in [0.15, 0.2) is 0 Å². The summed E-state index contributed by atoms with van der Waals surface area (Å²) in [5, 5.41) is -5.66. The van der Waals surface area contributed by atoms with Gasteiger partial charge in [-0.05, 0) is 43.2 Å². The molecule has 0 saturated carbocycles. The first-order valence-electron chi connectivity index (χ1n) is 10.4. The fourth-order valence-corrected chi connectivity index (χ4v) is 4.08. The van der Waals surface area contributed by atoms with Crippen molar-refractivity contribution in [3.63, 3.8) is 0 Å². The van der Waals surface area contributed by atoms with Crippen LogP contribution in [0.1, 0.15) is 25.5 Å². The van der Waals surface area contributed by atoms with Gasteiger partial charge in [0.05, 0.1) is 36.4 Å². The van der Waals surface area contributed by atoms with Crippen LogP contribution in [0.25, 0.3) is 0 Å². The van der Waals surface area contributed by atoms with Gasteiger partial charge in [-0.25, -0.2) is 9.59 Å². The van der Waals surface area contributed by atoms with E-state index < -0.39 is 52.4 Å². The second-order valence-electron chi connectivity index (χ2n) is 7.56. The molecule has 2 atom stereocenters. The Bertz CT molecular complexity index is 1080. The maximum absolute atomic E-state index is 15.5. The number of alkyl halides is 7. The average Bonchev–Trinajstić information content (AvgIpc) is 3.14. The number of carbonyl (C=O) groups excluding carboxylic acids is 2. The van der Waals surface area contributed by atoms with Gasteiger partial charge in [0.1, 0.15) is 0 Å². The molecule has 3 rings (SSSR count). The van der Waals surface area contributed by atoms with Crippen molar-refractivity contribution in [1.82, 2.24) is 4.90 Å². The smallest absolute Gasteiger partial charge is 0.390 e. The monoisotopic (exact) mass is 523 g/mol. The van der Waals surface area contributed by atoms with Gasteiger partial charge < -0.3 is 14.4 Å². The Morgan fingerprint density at radius 3 is 2.09 bits per heavy atom. The summed E-state index contributed by atoms with van der Waals surface area (Å²) in [6, 6.07) is 3.66. The van der Waals surface area contributed by atoms with E-state index in [1.54, 1.807) is 0 Å². The van der Waals surface area contributed by atoms with Gasteiger partial charge in [0.2, 0.25) is 0 Å². The second-order valence-corrected chi connectivity index (χ2v) is 8.03. The van der Waals surface area contributed by atoms with E-state index in [-0.39, 0.29) is 24.4 Å². The first-order valence-corrected chi connectivity index (χ1v) is 10.8. The molecule has 0 radical (unpaired) electrons. The van der Waals surface area contributed by atoms with Gasteiger partial charge in [0, 0.05) is 11.8 Å². The second kappa shape index (κ2) is 9.60. The van der Waals surface area contributed by atoms with Crippen LogP contribution in [0, 0.1) is 0 Å². The molecular weight excluding hydrogens is 504 g/mol. The molecule has 0 saturated heterocycles. The van der Waals surface area contributed by atoms with Crippen LogP contribution in [0.2, 0.25) is 0 Å². The number of ether oxygens (including phenoxy) is 2. The first kappa shape index (κ1) is 26.7. The molecular formula is C23H20ClF6NO4. The molecule has 0 spiro atoms. The molecule has 0 aromatic heterocycles. The molecule has 2 aliphatic rings. The lowest BCUT2D eigenvalue weighted by molar-refractivity contribution is -0.265. The third-order valence-electron chi connectivity index (χ3n) is 5.45. The van der Waals surface area contributed by atoms with E-state index in [1.165, 1.54) is 50.3 Å². The Hall–Kier alpha value is -2.95. The van der Waals surface area contributed by atoms with E-state index in [4.69, 9.17) is 9.47 Å². The van der Waals surface area contributed by atoms with Gasteiger partial charge in [-0.3, -0.25) is 0 Å².